The molecule has 2 rings (SSSR count). The van der Waals surface area contributed by atoms with Gasteiger partial charge in [0.1, 0.15) is 5.82 Å². The lowest BCUT2D eigenvalue weighted by atomic mass is 10.2. The number of carbonyl (C=O) groups excluding carboxylic acids is 1. The van der Waals surface area contributed by atoms with Crippen molar-refractivity contribution >= 4 is 11.7 Å². The zero-order valence-corrected chi connectivity index (χ0v) is 11.3. The van der Waals surface area contributed by atoms with E-state index in [2.05, 4.69) is 15.2 Å². The average Bonchev–Trinajstić information content (AvgIpc) is 2.38. The van der Waals surface area contributed by atoms with Crippen molar-refractivity contribution in [1.82, 2.24) is 10.3 Å². The second kappa shape index (κ2) is 5.99. The normalized spacial score (nSPS) is 19.5. The van der Waals surface area contributed by atoms with Gasteiger partial charge in [-0.2, -0.15) is 0 Å². The number of hydrogen-bond donors (Lipinski definition) is 2. The largest absolute Gasteiger partial charge is 0.373 e. The Bertz CT molecular complexity index is 462. The van der Waals surface area contributed by atoms with Crippen molar-refractivity contribution < 1.29 is 9.53 Å². The fourth-order valence-electron chi connectivity index (χ4n) is 2.23. The molecule has 104 valence electrons. The zero-order valence-electron chi connectivity index (χ0n) is 11.3. The minimum atomic E-state index is -0.424. The number of hydrogen-bond acceptors (Lipinski definition) is 5. The van der Waals surface area contributed by atoms with Gasteiger partial charge in [0.05, 0.1) is 12.7 Å². The molecule has 0 aliphatic carbocycles. The Morgan fingerprint density at radius 1 is 1.63 bits per heavy atom. The molecular formula is C13H20N4O2. The lowest BCUT2D eigenvalue weighted by Gasteiger charge is -2.34. The molecule has 0 spiro atoms. The van der Waals surface area contributed by atoms with Crippen molar-refractivity contribution in [3.8, 4) is 0 Å². The fourth-order valence-corrected chi connectivity index (χ4v) is 2.23. The summed E-state index contributed by atoms with van der Waals surface area (Å²) in [5.41, 5.74) is 6.63. The van der Waals surface area contributed by atoms with E-state index in [1.165, 1.54) is 0 Å². The number of amides is 1. The van der Waals surface area contributed by atoms with Gasteiger partial charge in [-0.25, -0.2) is 4.98 Å². The molecular weight excluding hydrogens is 244 g/mol. The molecule has 0 bridgehead atoms. The van der Waals surface area contributed by atoms with E-state index in [1.807, 2.05) is 14.0 Å². The molecule has 19 heavy (non-hydrogen) atoms. The minimum Gasteiger partial charge on any atom is -0.373 e. The molecule has 1 amide bonds. The topological polar surface area (TPSA) is 80.5 Å². The Labute approximate surface area is 112 Å². The predicted octanol–water partition coefficient (Wildman–Crippen LogP) is -0.0865. The number of aryl methyl sites for hydroxylation is 1. The Kier molecular flexibility index (Phi) is 4.34. The van der Waals surface area contributed by atoms with E-state index in [0.29, 0.717) is 12.2 Å². The number of rotatable bonds is 4. The zero-order chi connectivity index (χ0) is 13.8. The molecule has 1 atom stereocenters. The van der Waals surface area contributed by atoms with Crippen molar-refractivity contribution in [2.45, 2.75) is 13.0 Å². The molecule has 0 radical (unpaired) electrons. The molecule has 0 saturated carbocycles. The lowest BCUT2D eigenvalue weighted by molar-refractivity contribution is 0.0419. The molecule has 1 fully saturated rings. The molecule has 1 aliphatic heterocycles. The van der Waals surface area contributed by atoms with Gasteiger partial charge in [0.25, 0.3) is 0 Å². The van der Waals surface area contributed by atoms with Crippen LogP contribution in [0.4, 0.5) is 5.82 Å². The number of carbonyl (C=O) groups is 1. The van der Waals surface area contributed by atoms with Gasteiger partial charge in [0, 0.05) is 30.9 Å². The molecule has 1 saturated heterocycles. The number of ether oxygens (including phenoxy) is 1. The number of nitrogens with one attached hydrogen (secondary N) is 1. The van der Waals surface area contributed by atoms with Crippen LogP contribution in [0.3, 0.4) is 0 Å². The minimum absolute atomic E-state index is 0.137. The first-order chi connectivity index (χ1) is 9.10. The van der Waals surface area contributed by atoms with Crippen LogP contribution in [0, 0.1) is 6.92 Å². The number of nitrogens with zero attached hydrogens (tertiary/aromatic N) is 2. The lowest BCUT2D eigenvalue weighted by Crippen LogP contribution is -2.46. The van der Waals surface area contributed by atoms with E-state index in [4.69, 9.17) is 10.5 Å². The summed E-state index contributed by atoms with van der Waals surface area (Å²) in [4.78, 5) is 17.9. The van der Waals surface area contributed by atoms with Gasteiger partial charge in [-0.05, 0) is 26.1 Å². The van der Waals surface area contributed by atoms with Gasteiger partial charge in [-0.15, -0.1) is 0 Å². The first kappa shape index (κ1) is 13.8. The Balaban J connectivity index is 2.18. The highest BCUT2D eigenvalue weighted by atomic mass is 16.5. The van der Waals surface area contributed by atoms with Crippen LogP contribution in [0.5, 0.6) is 0 Å². The van der Waals surface area contributed by atoms with Crippen molar-refractivity contribution in [2.75, 3.05) is 38.2 Å². The van der Waals surface area contributed by atoms with Crippen LogP contribution in [-0.2, 0) is 4.74 Å². The number of morpholine rings is 1. The summed E-state index contributed by atoms with van der Waals surface area (Å²) in [5.74, 6) is 0.366. The quantitative estimate of drug-likeness (QED) is 0.794. The summed E-state index contributed by atoms with van der Waals surface area (Å²) >= 11 is 0. The number of primary amides is 1. The van der Waals surface area contributed by atoms with Crippen molar-refractivity contribution in [3.63, 3.8) is 0 Å². The van der Waals surface area contributed by atoms with Crippen LogP contribution >= 0.6 is 0 Å². The van der Waals surface area contributed by atoms with Crippen molar-refractivity contribution in [2.24, 2.45) is 5.73 Å². The van der Waals surface area contributed by atoms with Crippen molar-refractivity contribution in [3.05, 3.63) is 23.4 Å². The van der Waals surface area contributed by atoms with Gasteiger partial charge in [-0.3, -0.25) is 4.79 Å². The second-order valence-electron chi connectivity index (χ2n) is 4.72. The predicted molar refractivity (Wildman–Crippen MR) is 73.4 cm³/mol. The van der Waals surface area contributed by atoms with Gasteiger partial charge >= 0.3 is 0 Å². The Morgan fingerprint density at radius 2 is 2.42 bits per heavy atom. The van der Waals surface area contributed by atoms with Crippen LogP contribution < -0.4 is 16.0 Å². The number of pyridine rings is 1. The number of nitrogens with two attached hydrogens (primary N) is 1. The molecule has 3 N–H and O–H groups in total. The first-order valence-electron chi connectivity index (χ1n) is 6.40. The standard InChI is InChI=1S/C13H20N4O2/c1-9-5-10(13(14)18)6-12(16-9)17-3-4-19-11(8-17)7-15-2/h5-6,11,15H,3-4,7-8H2,1-2H3,(H2,14,18). The smallest absolute Gasteiger partial charge is 0.248 e. The maximum atomic E-state index is 11.3. The highest BCUT2D eigenvalue weighted by molar-refractivity contribution is 5.93. The first-order valence-corrected chi connectivity index (χ1v) is 6.40. The van der Waals surface area contributed by atoms with Crippen LogP contribution in [0.2, 0.25) is 0 Å². The summed E-state index contributed by atoms with van der Waals surface area (Å²) in [7, 11) is 1.90. The van der Waals surface area contributed by atoms with E-state index in [9.17, 15) is 4.79 Å². The maximum absolute atomic E-state index is 11.3. The van der Waals surface area contributed by atoms with Crippen LogP contribution in [-0.4, -0.2) is 50.3 Å². The van der Waals surface area contributed by atoms with Gasteiger partial charge in [-0.1, -0.05) is 0 Å². The molecule has 1 aromatic heterocycles. The highest BCUT2D eigenvalue weighted by Gasteiger charge is 2.21. The van der Waals surface area contributed by atoms with E-state index in [1.54, 1.807) is 12.1 Å². The van der Waals surface area contributed by atoms with E-state index in [0.717, 1.165) is 31.1 Å². The van der Waals surface area contributed by atoms with Crippen LogP contribution in [0.25, 0.3) is 0 Å². The van der Waals surface area contributed by atoms with Gasteiger partial charge < -0.3 is 20.7 Å². The number of aromatic nitrogens is 1. The number of anilines is 1. The van der Waals surface area contributed by atoms with Crippen LogP contribution in [0.1, 0.15) is 16.1 Å². The van der Waals surface area contributed by atoms with Gasteiger partial charge in [0.15, 0.2) is 0 Å². The fraction of sp³-hybridized carbons (Fsp3) is 0.538. The van der Waals surface area contributed by atoms with Crippen molar-refractivity contribution in [1.29, 1.82) is 0 Å². The maximum Gasteiger partial charge on any atom is 0.248 e. The average molecular weight is 264 g/mol. The summed E-state index contributed by atoms with van der Waals surface area (Å²) in [6.07, 6.45) is 0.137. The summed E-state index contributed by atoms with van der Waals surface area (Å²) < 4.78 is 5.65. The summed E-state index contributed by atoms with van der Waals surface area (Å²) in [6, 6.07) is 3.45. The molecule has 1 aromatic rings. The van der Waals surface area contributed by atoms with E-state index < -0.39 is 5.91 Å². The Hall–Kier alpha value is -1.66. The molecule has 1 unspecified atom stereocenters. The summed E-state index contributed by atoms with van der Waals surface area (Å²) in [5, 5.41) is 3.10. The van der Waals surface area contributed by atoms with E-state index >= 15 is 0 Å². The molecule has 6 nitrogen and oxygen atoms in total. The highest BCUT2D eigenvalue weighted by Crippen LogP contribution is 2.18. The Morgan fingerprint density at radius 3 is 3.11 bits per heavy atom. The monoisotopic (exact) mass is 264 g/mol. The summed E-state index contributed by atoms with van der Waals surface area (Å²) in [6.45, 7) is 4.85. The molecule has 1 aliphatic rings. The van der Waals surface area contributed by atoms with E-state index in [-0.39, 0.29) is 6.10 Å². The second-order valence-corrected chi connectivity index (χ2v) is 4.72. The molecule has 6 heteroatoms. The third-order valence-electron chi connectivity index (χ3n) is 3.12. The number of likely N-dealkylation sites (N-methyl/N-ethyl adjacent to an activating group) is 1. The van der Waals surface area contributed by atoms with Crippen LogP contribution in [0.15, 0.2) is 12.1 Å². The molecule has 2 heterocycles. The third-order valence-corrected chi connectivity index (χ3v) is 3.12. The molecule has 0 aromatic carbocycles. The SMILES string of the molecule is CNCC1CN(c2cc(C(N)=O)cc(C)n2)CCO1. The van der Waals surface area contributed by atoms with Gasteiger partial charge in [0.2, 0.25) is 5.91 Å². The third kappa shape index (κ3) is 3.42.